The lowest BCUT2D eigenvalue weighted by atomic mass is 10.1. The summed E-state index contributed by atoms with van der Waals surface area (Å²) < 4.78 is 0. The van der Waals surface area contributed by atoms with Gasteiger partial charge in [0.15, 0.2) is 0 Å². The van der Waals surface area contributed by atoms with E-state index in [1.165, 1.54) is 0 Å². The molecule has 0 amide bonds. The van der Waals surface area contributed by atoms with Crippen molar-refractivity contribution in [1.82, 2.24) is 4.90 Å². The summed E-state index contributed by atoms with van der Waals surface area (Å²) in [7, 11) is 2.12. The molecule has 0 saturated carbocycles. The molecule has 1 heterocycles. The van der Waals surface area contributed by atoms with Crippen LogP contribution in [0.25, 0.3) is 0 Å². The van der Waals surface area contributed by atoms with Gasteiger partial charge in [0.05, 0.1) is 18.5 Å². The van der Waals surface area contributed by atoms with E-state index in [1.807, 2.05) is 18.2 Å². The van der Waals surface area contributed by atoms with Gasteiger partial charge in [0.1, 0.15) is 0 Å². The molecule has 1 saturated heterocycles. The Kier molecular flexibility index (Phi) is 4.46. The molecule has 0 N–H and O–H groups in total. The third-order valence-electron chi connectivity index (χ3n) is 3.37. The SMILES string of the molecule is CN1CCCN(c2cccc(Cl)c2)C(CC#N)C1. The Balaban J connectivity index is 2.24. The minimum absolute atomic E-state index is 0.251. The van der Waals surface area contributed by atoms with E-state index in [2.05, 4.69) is 29.0 Å². The molecular formula is C14H18ClN3. The van der Waals surface area contributed by atoms with Crippen molar-refractivity contribution in [3.63, 3.8) is 0 Å². The average Bonchev–Trinajstić information content (AvgIpc) is 2.51. The Labute approximate surface area is 114 Å². The molecule has 1 aromatic rings. The molecule has 1 aliphatic rings. The molecule has 0 radical (unpaired) electrons. The molecule has 0 spiro atoms. The van der Waals surface area contributed by atoms with Crippen LogP contribution in [0, 0.1) is 11.3 Å². The maximum absolute atomic E-state index is 8.99. The highest BCUT2D eigenvalue weighted by Gasteiger charge is 2.23. The van der Waals surface area contributed by atoms with E-state index in [-0.39, 0.29) is 6.04 Å². The second-order valence-electron chi connectivity index (χ2n) is 4.81. The number of benzene rings is 1. The van der Waals surface area contributed by atoms with Gasteiger partial charge in [-0.05, 0) is 38.2 Å². The lowest BCUT2D eigenvalue weighted by Crippen LogP contribution is -2.40. The summed E-state index contributed by atoms with van der Waals surface area (Å²) in [5.41, 5.74) is 1.12. The van der Waals surface area contributed by atoms with Crippen molar-refractivity contribution in [3.8, 4) is 6.07 Å². The molecule has 96 valence electrons. The smallest absolute Gasteiger partial charge is 0.0643 e. The molecule has 18 heavy (non-hydrogen) atoms. The number of nitriles is 1. The highest BCUT2D eigenvalue weighted by Crippen LogP contribution is 2.24. The quantitative estimate of drug-likeness (QED) is 0.822. The molecule has 1 aliphatic heterocycles. The number of hydrogen-bond acceptors (Lipinski definition) is 3. The fourth-order valence-corrected chi connectivity index (χ4v) is 2.70. The summed E-state index contributed by atoms with van der Waals surface area (Å²) in [6.07, 6.45) is 1.67. The molecule has 0 aromatic heterocycles. The first-order valence-electron chi connectivity index (χ1n) is 6.28. The van der Waals surface area contributed by atoms with Crippen LogP contribution in [0.15, 0.2) is 24.3 Å². The van der Waals surface area contributed by atoms with Gasteiger partial charge in [-0.15, -0.1) is 0 Å². The zero-order valence-corrected chi connectivity index (χ0v) is 11.4. The minimum atomic E-state index is 0.251. The van der Waals surface area contributed by atoms with Crippen LogP contribution in [0.4, 0.5) is 5.69 Å². The maximum Gasteiger partial charge on any atom is 0.0643 e. The van der Waals surface area contributed by atoms with E-state index in [0.717, 1.165) is 36.8 Å². The van der Waals surface area contributed by atoms with Crippen molar-refractivity contribution in [2.75, 3.05) is 31.6 Å². The topological polar surface area (TPSA) is 30.3 Å². The summed E-state index contributed by atoms with van der Waals surface area (Å²) in [6.45, 7) is 3.00. The Morgan fingerprint density at radius 1 is 1.44 bits per heavy atom. The molecule has 0 bridgehead atoms. The number of anilines is 1. The Morgan fingerprint density at radius 2 is 2.28 bits per heavy atom. The van der Waals surface area contributed by atoms with Gasteiger partial charge in [0.25, 0.3) is 0 Å². The largest absolute Gasteiger partial charge is 0.366 e. The van der Waals surface area contributed by atoms with Gasteiger partial charge in [-0.1, -0.05) is 17.7 Å². The van der Waals surface area contributed by atoms with Crippen LogP contribution in [-0.2, 0) is 0 Å². The third kappa shape index (κ3) is 3.16. The molecular weight excluding hydrogens is 246 g/mol. The van der Waals surface area contributed by atoms with E-state index < -0.39 is 0 Å². The van der Waals surface area contributed by atoms with Gasteiger partial charge in [0, 0.05) is 23.8 Å². The molecule has 4 heteroatoms. The van der Waals surface area contributed by atoms with Crippen molar-refractivity contribution >= 4 is 17.3 Å². The molecule has 1 atom stereocenters. The standard InChI is InChI=1S/C14H18ClN3/c1-17-8-3-9-18(14(11-17)6-7-16)13-5-2-4-12(15)10-13/h2,4-5,10,14H,3,6,8-9,11H2,1H3. The molecule has 3 nitrogen and oxygen atoms in total. The summed E-state index contributed by atoms with van der Waals surface area (Å²) in [5.74, 6) is 0. The summed E-state index contributed by atoms with van der Waals surface area (Å²) >= 11 is 6.06. The lowest BCUT2D eigenvalue weighted by Gasteiger charge is -2.31. The van der Waals surface area contributed by atoms with Gasteiger partial charge in [-0.25, -0.2) is 0 Å². The number of rotatable bonds is 2. The van der Waals surface area contributed by atoms with E-state index >= 15 is 0 Å². The van der Waals surface area contributed by atoms with Crippen LogP contribution in [0.5, 0.6) is 0 Å². The minimum Gasteiger partial charge on any atom is -0.366 e. The molecule has 1 aromatic carbocycles. The number of nitrogens with zero attached hydrogens (tertiary/aromatic N) is 3. The Morgan fingerprint density at radius 3 is 3.00 bits per heavy atom. The second kappa shape index (κ2) is 6.08. The van der Waals surface area contributed by atoms with Crippen LogP contribution >= 0.6 is 11.6 Å². The first-order valence-corrected chi connectivity index (χ1v) is 6.66. The molecule has 0 aliphatic carbocycles. The monoisotopic (exact) mass is 263 g/mol. The van der Waals surface area contributed by atoms with Gasteiger partial charge < -0.3 is 9.80 Å². The summed E-state index contributed by atoms with van der Waals surface area (Å²) in [6, 6.07) is 10.5. The fraction of sp³-hybridized carbons (Fsp3) is 0.500. The number of likely N-dealkylation sites (N-methyl/N-ethyl adjacent to an activating group) is 1. The Bertz CT molecular complexity index is 441. The van der Waals surface area contributed by atoms with Gasteiger partial charge in [-0.3, -0.25) is 0 Å². The van der Waals surface area contributed by atoms with Crippen molar-refractivity contribution in [2.45, 2.75) is 18.9 Å². The van der Waals surface area contributed by atoms with Crippen LogP contribution in [0.3, 0.4) is 0 Å². The molecule has 2 rings (SSSR count). The van der Waals surface area contributed by atoms with Crippen LogP contribution in [0.1, 0.15) is 12.8 Å². The highest BCUT2D eigenvalue weighted by atomic mass is 35.5. The maximum atomic E-state index is 8.99. The van der Waals surface area contributed by atoms with Crippen molar-refractivity contribution in [3.05, 3.63) is 29.3 Å². The van der Waals surface area contributed by atoms with Crippen LogP contribution in [0.2, 0.25) is 5.02 Å². The normalized spacial score (nSPS) is 21.4. The van der Waals surface area contributed by atoms with Gasteiger partial charge in [-0.2, -0.15) is 5.26 Å². The van der Waals surface area contributed by atoms with Gasteiger partial charge >= 0.3 is 0 Å². The van der Waals surface area contributed by atoms with Crippen molar-refractivity contribution < 1.29 is 0 Å². The number of halogens is 1. The fourth-order valence-electron chi connectivity index (χ4n) is 2.52. The number of hydrogen-bond donors (Lipinski definition) is 0. The first kappa shape index (κ1) is 13.2. The second-order valence-corrected chi connectivity index (χ2v) is 5.24. The zero-order valence-electron chi connectivity index (χ0n) is 10.6. The lowest BCUT2D eigenvalue weighted by molar-refractivity contribution is 0.332. The van der Waals surface area contributed by atoms with E-state index in [1.54, 1.807) is 0 Å². The average molecular weight is 264 g/mol. The van der Waals surface area contributed by atoms with Crippen LogP contribution < -0.4 is 4.90 Å². The van der Waals surface area contributed by atoms with Crippen LogP contribution in [-0.4, -0.2) is 37.6 Å². The molecule has 1 unspecified atom stereocenters. The first-order chi connectivity index (χ1) is 8.70. The predicted molar refractivity (Wildman–Crippen MR) is 74.9 cm³/mol. The molecule has 1 fully saturated rings. The van der Waals surface area contributed by atoms with E-state index in [9.17, 15) is 0 Å². The summed E-state index contributed by atoms with van der Waals surface area (Å²) in [4.78, 5) is 4.62. The highest BCUT2D eigenvalue weighted by molar-refractivity contribution is 6.30. The third-order valence-corrected chi connectivity index (χ3v) is 3.60. The zero-order chi connectivity index (χ0) is 13.0. The van der Waals surface area contributed by atoms with Gasteiger partial charge in [0.2, 0.25) is 0 Å². The predicted octanol–water partition coefficient (Wildman–Crippen LogP) is 2.76. The van der Waals surface area contributed by atoms with Crippen molar-refractivity contribution in [1.29, 1.82) is 5.26 Å². The van der Waals surface area contributed by atoms with Crippen molar-refractivity contribution in [2.24, 2.45) is 0 Å². The summed E-state index contributed by atoms with van der Waals surface area (Å²) in [5, 5.41) is 9.75. The van der Waals surface area contributed by atoms with E-state index in [0.29, 0.717) is 6.42 Å². The Hall–Kier alpha value is -1.24. The van der Waals surface area contributed by atoms with E-state index in [4.69, 9.17) is 16.9 Å².